The lowest BCUT2D eigenvalue weighted by molar-refractivity contribution is -0.123. The van der Waals surface area contributed by atoms with Gasteiger partial charge in [0.25, 0.3) is 0 Å². The third-order valence-electron chi connectivity index (χ3n) is 2.46. The minimum Gasteiger partial charge on any atom is -0.347 e. The molecule has 0 aromatic carbocycles. The Hall–Kier alpha value is -1.31. The highest BCUT2D eigenvalue weighted by atomic mass is 32.1. The lowest BCUT2D eigenvalue weighted by Gasteiger charge is -2.18. The van der Waals surface area contributed by atoms with Crippen molar-refractivity contribution in [1.82, 2.24) is 5.32 Å². The molecule has 0 saturated heterocycles. The maximum absolute atomic E-state index is 11.8. The highest BCUT2D eigenvalue weighted by Gasteiger charge is 2.18. The number of nitrogens with one attached hydrogen (secondary N) is 1. The van der Waals surface area contributed by atoms with E-state index < -0.39 is 6.04 Å². The number of rotatable bonds is 6. The Kier molecular flexibility index (Phi) is 5.75. The second-order valence-electron chi connectivity index (χ2n) is 3.88. The molecule has 0 fully saturated rings. The Morgan fingerprint density at radius 3 is 3.00 bits per heavy atom. The van der Waals surface area contributed by atoms with Gasteiger partial charge in [0.15, 0.2) is 0 Å². The average Bonchev–Trinajstić information content (AvgIpc) is 2.82. The maximum atomic E-state index is 11.8. The van der Waals surface area contributed by atoms with Crippen LogP contribution in [-0.2, 0) is 4.79 Å². The molecule has 0 bridgehead atoms. The van der Waals surface area contributed by atoms with Crippen LogP contribution in [0.2, 0.25) is 0 Å². The SMILES string of the molecule is C#CCC(N)C(=O)NC(CCC)c1cccs1. The van der Waals surface area contributed by atoms with Crippen molar-refractivity contribution < 1.29 is 4.79 Å². The van der Waals surface area contributed by atoms with Gasteiger partial charge in [-0.25, -0.2) is 0 Å². The van der Waals surface area contributed by atoms with Gasteiger partial charge in [0, 0.05) is 11.3 Å². The summed E-state index contributed by atoms with van der Waals surface area (Å²) in [5, 5.41) is 4.96. The number of carbonyl (C=O) groups is 1. The Morgan fingerprint density at radius 2 is 2.47 bits per heavy atom. The molecule has 1 rings (SSSR count). The maximum Gasteiger partial charge on any atom is 0.238 e. The van der Waals surface area contributed by atoms with E-state index in [1.165, 1.54) is 0 Å². The predicted octanol–water partition coefficient (Wildman–Crippen LogP) is 2.06. The lowest BCUT2D eigenvalue weighted by atomic mass is 10.1. The van der Waals surface area contributed by atoms with Crippen molar-refractivity contribution in [2.45, 2.75) is 38.3 Å². The number of amides is 1. The molecular weight excluding hydrogens is 232 g/mol. The molecule has 0 aliphatic carbocycles. The lowest BCUT2D eigenvalue weighted by Crippen LogP contribution is -2.41. The fourth-order valence-corrected chi connectivity index (χ4v) is 2.37. The number of nitrogens with two attached hydrogens (primary N) is 1. The highest BCUT2D eigenvalue weighted by molar-refractivity contribution is 7.10. The summed E-state index contributed by atoms with van der Waals surface area (Å²) in [6.45, 7) is 2.09. The second kappa shape index (κ2) is 7.10. The zero-order valence-corrected chi connectivity index (χ0v) is 10.8. The van der Waals surface area contributed by atoms with Crippen molar-refractivity contribution >= 4 is 17.2 Å². The fourth-order valence-electron chi connectivity index (χ4n) is 1.56. The van der Waals surface area contributed by atoms with Crippen LogP contribution < -0.4 is 11.1 Å². The van der Waals surface area contributed by atoms with Gasteiger partial charge in [-0.1, -0.05) is 19.4 Å². The van der Waals surface area contributed by atoms with Gasteiger partial charge in [0.05, 0.1) is 12.1 Å². The summed E-state index contributed by atoms with van der Waals surface area (Å²) in [7, 11) is 0. The van der Waals surface area contributed by atoms with E-state index in [1.807, 2.05) is 17.5 Å². The van der Waals surface area contributed by atoms with E-state index in [0.29, 0.717) is 0 Å². The average molecular weight is 250 g/mol. The Morgan fingerprint density at radius 1 is 1.71 bits per heavy atom. The third kappa shape index (κ3) is 4.22. The molecule has 0 saturated carbocycles. The molecule has 17 heavy (non-hydrogen) atoms. The number of terminal acetylenes is 1. The van der Waals surface area contributed by atoms with Gasteiger partial charge in [0.2, 0.25) is 5.91 Å². The first-order chi connectivity index (χ1) is 8.19. The molecule has 1 aromatic rings. The van der Waals surface area contributed by atoms with Crippen molar-refractivity contribution in [2.75, 3.05) is 0 Å². The van der Waals surface area contributed by atoms with Crippen LogP contribution in [0, 0.1) is 12.3 Å². The first-order valence-corrected chi connectivity index (χ1v) is 6.59. The first kappa shape index (κ1) is 13.8. The Bertz CT molecular complexity index is 381. The van der Waals surface area contributed by atoms with Gasteiger partial charge < -0.3 is 11.1 Å². The number of carbonyl (C=O) groups excluding carboxylic acids is 1. The van der Waals surface area contributed by atoms with Crippen molar-refractivity contribution in [3.63, 3.8) is 0 Å². The molecule has 92 valence electrons. The summed E-state index contributed by atoms with van der Waals surface area (Å²) in [5.41, 5.74) is 5.67. The quantitative estimate of drug-likeness (QED) is 0.759. The van der Waals surface area contributed by atoms with E-state index in [1.54, 1.807) is 11.3 Å². The summed E-state index contributed by atoms with van der Waals surface area (Å²) in [6, 6.07) is 3.45. The molecule has 3 N–H and O–H groups in total. The van der Waals surface area contributed by atoms with Crippen LogP contribution in [0.15, 0.2) is 17.5 Å². The van der Waals surface area contributed by atoms with Crippen LogP contribution in [0.25, 0.3) is 0 Å². The molecule has 2 atom stereocenters. The van der Waals surface area contributed by atoms with E-state index in [9.17, 15) is 4.79 Å². The van der Waals surface area contributed by atoms with E-state index in [-0.39, 0.29) is 18.4 Å². The van der Waals surface area contributed by atoms with Crippen LogP contribution in [0.3, 0.4) is 0 Å². The van der Waals surface area contributed by atoms with E-state index in [4.69, 9.17) is 12.2 Å². The zero-order valence-electron chi connectivity index (χ0n) is 9.98. The van der Waals surface area contributed by atoms with Crippen molar-refractivity contribution in [3.05, 3.63) is 22.4 Å². The monoisotopic (exact) mass is 250 g/mol. The molecule has 0 spiro atoms. The second-order valence-corrected chi connectivity index (χ2v) is 4.86. The number of thiophene rings is 1. The largest absolute Gasteiger partial charge is 0.347 e. The first-order valence-electron chi connectivity index (χ1n) is 5.71. The molecule has 2 unspecified atom stereocenters. The minimum atomic E-state index is -0.612. The molecule has 1 heterocycles. The summed E-state index contributed by atoms with van der Waals surface area (Å²) >= 11 is 1.64. The molecule has 4 heteroatoms. The van der Waals surface area contributed by atoms with Crippen molar-refractivity contribution in [3.8, 4) is 12.3 Å². The number of hydrogen-bond donors (Lipinski definition) is 2. The van der Waals surface area contributed by atoms with E-state index in [2.05, 4.69) is 18.2 Å². The van der Waals surface area contributed by atoms with Gasteiger partial charge in [-0.3, -0.25) is 4.79 Å². The van der Waals surface area contributed by atoms with Gasteiger partial charge in [0.1, 0.15) is 0 Å². The van der Waals surface area contributed by atoms with Gasteiger partial charge >= 0.3 is 0 Å². The van der Waals surface area contributed by atoms with Crippen LogP contribution >= 0.6 is 11.3 Å². The zero-order chi connectivity index (χ0) is 12.7. The summed E-state index contributed by atoms with van der Waals surface area (Å²) in [4.78, 5) is 12.9. The topological polar surface area (TPSA) is 55.1 Å². The molecule has 1 aromatic heterocycles. The fraction of sp³-hybridized carbons (Fsp3) is 0.462. The molecule has 1 amide bonds. The van der Waals surface area contributed by atoms with Gasteiger partial charge in [-0.2, -0.15) is 0 Å². The van der Waals surface area contributed by atoms with Crippen LogP contribution in [0.4, 0.5) is 0 Å². The van der Waals surface area contributed by atoms with Gasteiger partial charge in [-0.05, 0) is 17.9 Å². The van der Waals surface area contributed by atoms with Crippen molar-refractivity contribution in [2.24, 2.45) is 5.73 Å². The summed E-state index contributed by atoms with van der Waals surface area (Å²) in [6.07, 6.45) is 7.34. The summed E-state index contributed by atoms with van der Waals surface area (Å²) in [5.74, 6) is 2.23. The Labute approximate surface area is 106 Å². The van der Waals surface area contributed by atoms with Crippen LogP contribution in [0.1, 0.15) is 37.1 Å². The minimum absolute atomic E-state index is 0.0522. The van der Waals surface area contributed by atoms with Gasteiger partial charge in [-0.15, -0.1) is 23.7 Å². The molecule has 0 aliphatic rings. The van der Waals surface area contributed by atoms with Crippen molar-refractivity contribution in [1.29, 1.82) is 0 Å². The molecule has 3 nitrogen and oxygen atoms in total. The van der Waals surface area contributed by atoms with E-state index >= 15 is 0 Å². The summed E-state index contributed by atoms with van der Waals surface area (Å²) < 4.78 is 0. The highest BCUT2D eigenvalue weighted by Crippen LogP contribution is 2.23. The van der Waals surface area contributed by atoms with E-state index in [0.717, 1.165) is 17.7 Å². The third-order valence-corrected chi connectivity index (χ3v) is 3.44. The standard InChI is InChI=1S/C13H18N2OS/c1-3-6-10(14)13(16)15-11(7-4-2)12-8-5-9-17-12/h1,5,8-11H,4,6-7,14H2,2H3,(H,15,16). The number of hydrogen-bond acceptors (Lipinski definition) is 3. The normalized spacial score (nSPS) is 13.7. The van der Waals surface area contributed by atoms with Crippen LogP contribution in [-0.4, -0.2) is 11.9 Å². The molecular formula is C13H18N2OS. The predicted molar refractivity (Wildman–Crippen MR) is 71.5 cm³/mol. The smallest absolute Gasteiger partial charge is 0.238 e. The molecule has 0 aliphatic heterocycles. The van der Waals surface area contributed by atoms with Crippen LogP contribution in [0.5, 0.6) is 0 Å². The Balaban J connectivity index is 2.62. The molecule has 0 radical (unpaired) electrons.